The van der Waals surface area contributed by atoms with E-state index in [1.54, 1.807) is 0 Å². The Labute approximate surface area is 101 Å². The van der Waals surface area contributed by atoms with Crippen LogP contribution in [0.3, 0.4) is 0 Å². The smallest absolute Gasteiger partial charge is 0.0683 e. The fourth-order valence-electron chi connectivity index (χ4n) is 1.34. The SMILES string of the molecule is CC(CNCCCC(C)(C)C#N)C(C)(C)C. The monoisotopic (exact) mass is 224 g/mol. The third-order valence-corrected chi connectivity index (χ3v) is 3.39. The minimum atomic E-state index is -0.169. The van der Waals surface area contributed by atoms with E-state index in [-0.39, 0.29) is 5.41 Å². The normalized spacial score (nSPS) is 14.6. The highest BCUT2D eigenvalue weighted by Crippen LogP contribution is 2.24. The number of hydrogen-bond acceptors (Lipinski definition) is 2. The lowest BCUT2D eigenvalue weighted by Crippen LogP contribution is -2.30. The standard InChI is InChI=1S/C14H28N2/c1-12(13(2,3)4)10-16-9-7-8-14(5,6)11-15/h12,16H,7-10H2,1-6H3. The lowest BCUT2D eigenvalue weighted by molar-refractivity contribution is 0.252. The highest BCUT2D eigenvalue weighted by atomic mass is 14.9. The summed E-state index contributed by atoms with van der Waals surface area (Å²) in [5, 5.41) is 12.4. The molecule has 0 aromatic rings. The summed E-state index contributed by atoms with van der Waals surface area (Å²) in [5.41, 5.74) is 0.205. The molecule has 1 N–H and O–H groups in total. The second kappa shape index (κ2) is 6.25. The van der Waals surface area contributed by atoms with E-state index >= 15 is 0 Å². The number of nitrogens with zero attached hydrogens (tertiary/aromatic N) is 1. The van der Waals surface area contributed by atoms with Crippen LogP contribution in [0.15, 0.2) is 0 Å². The first-order chi connectivity index (χ1) is 7.19. The Bertz CT molecular complexity index is 230. The van der Waals surface area contributed by atoms with Crippen molar-refractivity contribution in [1.29, 1.82) is 5.26 Å². The van der Waals surface area contributed by atoms with Crippen molar-refractivity contribution in [1.82, 2.24) is 5.32 Å². The topological polar surface area (TPSA) is 35.8 Å². The molecule has 1 atom stereocenters. The van der Waals surface area contributed by atoms with Gasteiger partial charge in [-0.15, -0.1) is 0 Å². The molecule has 1 unspecified atom stereocenters. The quantitative estimate of drug-likeness (QED) is 0.700. The van der Waals surface area contributed by atoms with Gasteiger partial charge in [0.15, 0.2) is 0 Å². The molecule has 0 spiro atoms. The molecule has 0 saturated heterocycles. The summed E-state index contributed by atoms with van der Waals surface area (Å²) in [6.45, 7) is 15.2. The highest BCUT2D eigenvalue weighted by Gasteiger charge is 2.19. The highest BCUT2D eigenvalue weighted by molar-refractivity contribution is 4.91. The van der Waals surface area contributed by atoms with E-state index in [0.717, 1.165) is 25.9 Å². The zero-order chi connectivity index (χ0) is 12.8. The Morgan fingerprint density at radius 1 is 1.19 bits per heavy atom. The van der Waals surface area contributed by atoms with Crippen LogP contribution >= 0.6 is 0 Å². The van der Waals surface area contributed by atoms with Crippen molar-refractivity contribution in [2.75, 3.05) is 13.1 Å². The van der Waals surface area contributed by atoms with E-state index < -0.39 is 0 Å². The molecule has 0 aliphatic rings. The first kappa shape index (κ1) is 15.4. The predicted molar refractivity (Wildman–Crippen MR) is 70.1 cm³/mol. The molecule has 0 fully saturated rings. The molecule has 94 valence electrons. The van der Waals surface area contributed by atoms with E-state index in [1.807, 2.05) is 13.8 Å². The molecular weight excluding hydrogens is 196 g/mol. The van der Waals surface area contributed by atoms with E-state index in [9.17, 15) is 0 Å². The zero-order valence-electron chi connectivity index (χ0n) is 11.9. The molecule has 0 saturated carbocycles. The molecule has 0 aromatic heterocycles. The maximum atomic E-state index is 8.88. The van der Waals surface area contributed by atoms with Gasteiger partial charge in [-0.2, -0.15) is 5.26 Å². The van der Waals surface area contributed by atoms with Crippen LogP contribution in [0.5, 0.6) is 0 Å². The number of rotatable bonds is 6. The van der Waals surface area contributed by atoms with Gasteiger partial charge in [-0.25, -0.2) is 0 Å². The van der Waals surface area contributed by atoms with Crippen molar-refractivity contribution in [3.8, 4) is 6.07 Å². The third-order valence-electron chi connectivity index (χ3n) is 3.39. The van der Waals surface area contributed by atoms with Crippen LogP contribution in [0, 0.1) is 28.1 Å². The van der Waals surface area contributed by atoms with Crippen molar-refractivity contribution in [3.05, 3.63) is 0 Å². The molecule has 0 amide bonds. The first-order valence-electron chi connectivity index (χ1n) is 6.31. The van der Waals surface area contributed by atoms with Crippen molar-refractivity contribution < 1.29 is 0 Å². The number of hydrogen-bond donors (Lipinski definition) is 1. The molecular formula is C14H28N2. The van der Waals surface area contributed by atoms with Crippen LogP contribution in [0.2, 0.25) is 0 Å². The zero-order valence-corrected chi connectivity index (χ0v) is 11.9. The Hall–Kier alpha value is -0.550. The van der Waals surface area contributed by atoms with Gasteiger partial charge in [0.25, 0.3) is 0 Å². The molecule has 0 radical (unpaired) electrons. The molecule has 0 heterocycles. The van der Waals surface area contributed by atoms with Gasteiger partial charge in [0.1, 0.15) is 0 Å². The van der Waals surface area contributed by atoms with Crippen LogP contribution in [-0.4, -0.2) is 13.1 Å². The molecule has 0 aromatic carbocycles. The number of nitrogens with one attached hydrogen (secondary N) is 1. The fraction of sp³-hybridized carbons (Fsp3) is 0.929. The van der Waals surface area contributed by atoms with Crippen molar-refractivity contribution in [2.45, 2.75) is 54.4 Å². The average molecular weight is 224 g/mol. The summed E-state index contributed by atoms with van der Waals surface area (Å²) in [4.78, 5) is 0. The van der Waals surface area contributed by atoms with Gasteiger partial charge in [-0.3, -0.25) is 0 Å². The summed E-state index contributed by atoms with van der Waals surface area (Å²) >= 11 is 0. The molecule has 2 nitrogen and oxygen atoms in total. The number of nitriles is 1. The Morgan fingerprint density at radius 2 is 1.75 bits per heavy atom. The van der Waals surface area contributed by atoms with Gasteiger partial charge in [-0.05, 0) is 51.1 Å². The molecule has 0 bridgehead atoms. The van der Waals surface area contributed by atoms with Crippen LogP contribution in [-0.2, 0) is 0 Å². The predicted octanol–water partition coefficient (Wildman–Crippen LogP) is 3.59. The molecule has 0 aliphatic carbocycles. The van der Waals surface area contributed by atoms with Crippen LogP contribution in [0.1, 0.15) is 54.4 Å². The van der Waals surface area contributed by atoms with Gasteiger partial charge in [0, 0.05) is 0 Å². The van der Waals surface area contributed by atoms with Gasteiger partial charge >= 0.3 is 0 Å². The summed E-state index contributed by atoms with van der Waals surface area (Å²) in [7, 11) is 0. The Balaban J connectivity index is 3.60. The lowest BCUT2D eigenvalue weighted by atomic mass is 9.82. The van der Waals surface area contributed by atoms with E-state index in [2.05, 4.69) is 39.1 Å². The maximum Gasteiger partial charge on any atom is 0.0683 e. The van der Waals surface area contributed by atoms with Gasteiger partial charge in [0.05, 0.1) is 11.5 Å². The van der Waals surface area contributed by atoms with E-state index in [0.29, 0.717) is 11.3 Å². The largest absolute Gasteiger partial charge is 0.316 e. The van der Waals surface area contributed by atoms with Gasteiger partial charge in [0.2, 0.25) is 0 Å². The van der Waals surface area contributed by atoms with Crippen LogP contribution in [0.25, 0.3) is 0 Å². The van der Waals surface area contributed by atoms with Crippen LogP contribution < -0.4 is 5.32 Å². The minimum Gasteiger partial charge on any atom is -0.316 e. The maximum absolute atomic E-state index is 8.88. The van der Waals surface area contributed by atoms with Crippen molar-refractivity contribution >= 4 is 0 Å². The summed E-state index contributed by atoms with van der Waals surface area (Å²) in [6, 6.07) is 2.34. The minimum absolute atomic E-state index is 0.169. The summed E-state index contributed by atoms with van der Waals surface area (Å²) in [6.07, 6.45) is 2.05. The second-order valence-electron chi connectivity index (χ2n) is 6.57. The molecule has 0 rings (SSSR count). The summed E-state index contributed by atoms with van der Waals surface area (Å²) < 4.78 is 0. The lowest BCUT2D eigenvalue weighted by Gasteiger charge is -2.27. The summed E-state index contributed by atoms with van der Waals surface area (Å²) in [5.74, 6) is 0.677. The first-order valence-corrected chi connectivity index (χ1v) is 6.31. The second-order valence-corrected chi connectivity index (χ2v) is 6.57. The van der Waals surface area contributed by atoms with E-state index in [1.165, 1.54) is 0 Å². The van der Waals surface area contributed by atoms with Gasteiger partial charge in [-0.1, -0.05) is 27.7 Å². The van der Waals surface area contributed by atoms with Crippen molar-refractivity contribution in [3.63, 3.8) is 0 Å². The Morgan fingerprint density at radius 3 is 2.19 bits per heavy atom. The van der Waals surface area contributed by atoms with Crippen LogP contribution in [0.4, 0.5) is 0 Å². The average Bonchev–Trinajstić information content (AvgIpc) is 2.15. The van der Waals surface area contributed by atoms with Gasteiger partial charge < -0.3 is 5.32 Å². The van der Waals surface area contributed by atoms with E-state index in [4.69, 9.17) is 5.26 Å². The molecule has 2 heteroatoms. The Kier molecular flexibility index (Phi) is 6.04. The van der Waals surface area contributed by atoms with Crippen molar-refractivity contribution in [2.24, 2.45) is 16.7 Å². The fourth-order valence-corrected chi connectivity index (χ4v) is 1.34. The molecule has 0 aliphatic heterocycles. The molecule has 16 heavy (non-hydrogen) atoms. The third kappa shape index (κ3) is 6.85.